The molecule has 2 N–H and O–H groups in total. The van der Waals surface area contributed by atoms with Crippen molar-refractivity contribution in [3.63, 3.8) is 0 Å². The molecule has 2 rings (SSSR count). The van der Waals surface area contributed by atoms with Gasteiger partial charge in [-0.1, -0.05) is 13.3 Å². The first-order chi connectivity index (χ1) is 8.72. The van der Waals surface area contributed by atoms with Crippen molar-refractivity contribution >= 4 is 0 Å². The van der Waals surface area contributed by atoms with Crippen LogP contribution in [0.3, 0.4) is 0 Å². The molecule has 1 atom stereocenters. The summed E-state index contributed by atoms with van der Waals surface area (Å²) in [6.07, 6.45) is 9.58. The lowest BCUT2D eigenvalue weighted by molar-refractivity contribution is -0.00921. The molecule has 3 heteroatoms. The zero-order valence-electron chi connectivity index (χ0n) is 11.8. The van der Waals surface area contributed by atoms with Crippen LogP contribution in [0.25, 0.3) is 0 Å². The van der Waals surface area contributed by atoms with Gasteiger partial charge in [0.1, 0.15) is 0 Å². The number of hydrogen-bond donors (Lipinski definition) is 2. The summed E-state index contributed by atoms with van der Waals surface area (Å²) in [7, 11) is 0. The third-order valence-electron chi connectivity index (χ3n) is 4.73. The predicted molar refractivity (Wildman–Crippen MR) is 73.7 cm³/mol. The molecule has 0 aromatic rings. The average molecular weight is 255 g/mol. The maximum absolute atomic E-state index is 10.5. The number of nitrogens with one attached hydrogen (secondary N) is 1. The fourth-order valence-electron chi connectivity index (χ4n) is 3.26. The SMILES string of the molecule is CCC1CCC(O)(CNCCC2CCCO2)CC1. The molecule has 0 aromatic heterocycles. The van der Waals surface area contributed by atoms with E-state index in [9.17, 15) is 5.11 Å². The van der Waals surface area contributed by atoms with Crippen LogP contribution in [0.4, 0.5) is 0 Å². The highest BCUT2D eigenvalue weighted by Gasteiger charge is 2.32. The predicted octanol–water partition coefficient (Wildman–Crippen LogP) is 2.48. The molecular formula is C15H29NO2. The zero-order chi connectivity index (χ0) is 12.8. The highest BCUT2D eigenvalue weighted by Crippen LogP contribution is 2.33. The smallest absolute Gasteiger partial charge is 0.0771 e. The standard InChI is InChI=1S/C15H29NO2/c1-2-13-5-8-15(17,9-6-13)12-16-10-7-14-4-3-11-18-14/h13-14,16-17H,2-12H2,1H3. The van der Waals surface area contributed by atoms with Crippen LogP contribution in [0.15, 0.2) is 0 Å². The van der Waals surface area contributed by atoms with Gasteiger partial charge in [-0.3, -0.25) is 0 Å². The van der Waals surface area contributed by atoms with E-state index in [2.05, 4.69) is 12.2 Å². The van der Waals surface area contributed by atoms with Crippen LogP contribution in [0.1, 0.15) is 58.3 Å². The number of rotatable bonds is 6. The fourth-order valence-corrected chi connectivity index (χ4v) is 3.26. The van der Waals surface area contributed by atoms with Crippen LogP contribution in [-0.4, -0.2) is 36.5 Å². The summed E-state index contributed by atoms with van der Waals surface area (Å²) in [6.45, 7) is 4.93. The van der Waals surface area contributed by atoms with E-state index in [-0.39, 0.29) is 0 Å². The van der Waals surface area contributed by atoms with E-state index in [1.807, 2.05) is 0 Å². The molecule has 1 saturated heterocycles. The van der Waals surface area contributed by atoms with Crippen LogP contribution in [0, 0.1) is 5.92 Å². The van der Waals surface area contributed by atoms with Crippen LogP contribution in [-0.2, 0) is 4.74 Å². The summed E-state index contributed by atoms with van der Waals surface area (Å²) < 4.78 is 5.60. The molecule has 0 amide bonds. The quantitative estimate of drug-likeness (QED) is 0.716. The van der Waals surface area contributed by atoms with Crippen molar-refractivity contribution in [2.75, 3.05) is 19.7 Å². The molecule has 2 aliphatic rings. The van der Waals surface area contributed by atoms with E-state index in [1.54, 1.807) is 0 Å². The van der Waals surface area contributed by atoms with Crippen molar-refractivity contribution in [3.8, 4) is 0 Å². The lowest BCUT2D eigenvalue weighted by atomic mass is 9.78. The third kappa shape index (κ3) is 4.22. The summed E-state index contributed by atoms with van der Waals surface area (Å²) >= 11 is 0. The minimum Gasteiger partial charge on any atom is -0.389 e. The van der Waals surface area contributed by atoms with Gasteiger partial charge in [-0.25, -0.2) is 0 Å². The minimum absolute atomic E-state index is 0.442. The van der Waals surface area contributed by atoms with Crippen LogP contribution < -0.4 is 5.32 Å². The Morgan fingerprint density at radius 2 is 2.06 bits per heavy atom. The largest absolute Gasteiger partial charge is 0.389 e. The fraction of sp³-hybridized carbons (Fsp3) is 1.00. The summed E-state index contributed by atoms with van der Waals surface area (Å²) in [5, 5.41) is 13.9. The maximum atomic E-state index is 10.5. The van der Waals surface area contributed by atoms with E-state index in [4.69, 9.17) is 4.74 Å². The molecule has 1 heterocycles. The van der Waals surface area contributed by atoms with Crippen molar-refractivity contribution in [1.82, 2.24) is 5.32 Å². The first kappa shape index (κ1) is 14.3. The van der Waals surface area contributed by atoms with E-state index in [0.29, 0.717) is 6.10 Å². The van der Waals surface area contributed by atoms with E-state index in [0.717, 1.165) is 44.9 Å². The van der Waals surface area contributed by atoms with Crippen molar-refractivity contribution in [2.24, 2.45) is 5.92 Å². The Labute approximate surface area is 111 Å². The van der Waals surface area contributed by atoms with Gasteiger partial charge in [-0.05, 0) is 57.4 Å². The lowest BCUT2D eigenvalue weighted by Crippen LogP contribution is -2.44. The molecule has 18 heavy (non-hydrogen) atoms. The van der Waals surface area contributed by atoms with Crippen molar-refractivity contribution in [1.29, 1.82) is 0 Å². The molecule has 106 valence electrons. The van der Waals surface area contributed by atoms with Gasteiger partial charge < -0.3 is 15.2 Å². The molecule has 0 spiro atoms. The molecule has 1 aliphatic carbocycles. The van der Waals surface area contributed by atoms with Gasteiger partial charge in [0.2, 0.25) is 0 Å². The van der Waals surface area contributed by atoms with Gasteiger partial charge in [0.05, 0.1) is 11.7 Å². The molecule has 2 fully saturated rings. The number of ether oxygens (including phenoxy) is 1. The van der Waals surface area contributed by atoms with Gasteiger partial charge >= 0.3 is 0 Å². The Bertz CT molecular complexity index is 231. The molecule has 1 unspecified atom stereocenters. The zero-order valence-corrected chi connectivity index (χ0v) is 11.8. The second-order valence-electron chi connectivity index (χ2n) is 6.18. The maximum Gasteiger partial charge on any atom is 0.0771 e. The first-order valence-corrected chi connectivity index (χ1v) is 7.76. The topological polar surface area (TPSA) is 41.5 Å². The lowest BCUT2D eigenvalue weighted by Gasteiger charge is -2.36. The second kappa shape index (κ2) is 6.88. The van der Waals surface area contributed by atoms with Gasteiger partial charge in [0, 0.05) is 13.2 Å². The summed E-state index contributed by atoms with van der Waals surface area (Å²) in [5.41, 5.74) is -0.442. The van der Waals surface area contributed by atoms with E-state index in [1.165, 1.54) is 32.1 Å². The Morgan fingerprint density at radius 3 is 2.67 bits per heavy atom. The molecular weight excluding hydrogens is 226 g/mol. The van der Waals surface area contributed by atoms with Crippen LogP contribution in [0.5, 0.6) is 0 Å². The van der Waals surface area contributed by atoms with E-state index >= 15 is 0 Å². The normalized spacial score (nSPS) is 37.0. The van der Waals surface area contributed by atoms with Crippen molar-refractivity contribution < 1.29 is 9.84 Å². The number of hydrogen-bond acceptors (Lipinski definition) is 3. The highest BCUT2D eigenvalue weighted by atomic mass is 16.5. The average Bonchev–Trinajstić information content (AvgIpc) is 2.89. The Morgan fingerprint density at radius 1 is 1.28 bits per heavy atom. The summed E-state index contributed by atoms with van der Waals surface area (Å²) in [5.74, 6) is 0.845. The summed E-state index contributed by atoms with van der Waals surface area (Å²) in [6, 6.07) is 0. The molecule has 1 saturated carbocycles. The molecule has 0 bridgehead atoms. The summed E-state index contributed by atoms with van der Waals surface area (Å²) in [4.78, 5) is 0. The highest BCUT2D eigenvalue weighted by molar-refractivity contribution is 4.87. The van der Waals surface area contributed by atoms with Crippen LogP contribution in [0.2, 0.25) is 0 Å². The Kier molecular flexibility index (Phi) is 5.46. The van der Waals surface area contributed by atoms with Gasteiger partial charge in [0.15, 0.2) is 0 Å². The first-order valence-electron chi connectivity index (χ1n) is 7.76. The van der Waals surface area contributed by atoms with Gasteiger partial charge in [0.25, 0.3) is 0 Å². The molecule has 0 aromatic carbocycles. The van der Waals surface area contributed by atoms with E-state index < -0.39 is 5.60 Å². The second-order valence-corrected chi connectivity index (χ2v) is 6.18. The van der Waals surface area contributed by atoms with Crippen LogP contribution >= 0.6 is 0 Å². The van der Waals surface area contributed by atoms with Gasteiger partial charge in [-0.15, -0.1) is 0 Å². The molecule has 1 aliphatic heterocycles. The number of aliphatic hydroxyl groups is 1. The van der Waals surface area contributed by atoms with Crippen molar-refractivity contribution in [2.45, 2.75) is 70.0 Å². The van der Waals surface area contributed by atoms with Crippen molar-refractivity contribution in [3.05, 3.63) is 0 Å². The molecule has 3 nitrogen and oxygen atoms in total. The Balaban J connectivity index is 1.57. The Hall–Kier alpha value is -0.120. The monoisotopic (exact) mass is 255 g/mol. The van der Waals surface area contributed by atoms with Gasteiger partial charge in [-0.2, -0.15) is 0 Å². The third-order valence-corrected chi connectivity index (χ3v) is 4.73. The minimum atomic E-state index is -0.442. The molecule has 0 radical (unpaired) electrons.